The molecule has 0 fully saturated rings. The highest BCUT2D eigenvalue weighted by Gasteiger charge is 2.13. The molecule has 1 rings (SSSR count). The first-order valence-electron chi connectivity index (χ1n) is 7.33. The molecule has 3 nitrogen and oxygen atoms in total. The van der Waals surface area contributed by atoms with Crippen molar-refractivity contribution < 1.29 is 4.74 Å². The maximum Gasteiger partial charge on any atom is 0.0479 e. The first-order chi connectivity index (χ1) is 9.60. The van der Waals surface area contributed by atoms with Crippen LogP contribution in [0.15, 0.2) is 22.7 Å². The van der Waals surface area contributed by atoms with Gasteiger partial charge in [-0.3, -0.25) is 0 Å². The number of nitrogens with one attached hydrogen (secondary N) is 1. The van der Waals surface area contributed by atoms with Crippen molar-refractivity contribution in [2.24, 2.45) is 0 Å². The summed E-state index contributed by atoms with van der Waals surface area (Å²) in [6.45, 7) is 7.27. The van der Waals surface area contributed by atoms with Crippen molar-refractivity contribution in [2.75, 3.05) is 38.8 Å². The minimum atomic E-state index is 0.354. The van der Waals surface area contributed by atoms with Crippen molar-refractivity contribution >= 4 is 21.6 Å². The van der Waals surface area contributed by atoms with Crippen LogP contribution >= 0.6 is 15.9 Å². The Hall–Kier alpha value is -0.580. The predicted molar refractivity (Wildman–Crippen MR) is 90.6 cm³/mol. The van der Waals surface area contributed by atoms with Crippen LogP contribution in [0.5, 0.6) is 0 Å². The van der Waals surface area contributed by atoms with Crippen LogP contribution in [0.3, 0.4) is 0 Å². The summed E-state index contributed by atoms with van der Waals surface area (Å²) in [6.07, 6.45) is 2.19. The highest BCUT2D eigenvalue weighted by molar-refractivity contribution is 9.10. The van der Waals surface area contributed by atoms with Gasteiger partial charge in [-0.15, -0.1) is 0 Å². The lowest BCUT2D eigenvalue weighted by Crippen LogP contribution is -2.25. The van der Waals surface area contributed by atoms with Gasteiger partial charge in [0.1, 0.15) is 0 Å². The summed E-state index contributed by atoms with van der Waals surface area (Å²) >= 11 is 3.58. The zero-order valence-electron chi connectivity index (χ0n) is 13.1. The summed E-state index contributed by atoms with van der Waals surface area (Å²) in [7, 11) is 3.90. The molecule has 0 aliphatic rings. The van der Waals surface area contributed by atoms with Crippen molar-refractivity contribution in [3.05, 3.63) is 28.2 Å². The van der Waals surface area contributed by atoms with Gasteiger partial charge in [-0.25, -0.2) is 0 Å². The molecule has 1 unspecified atom stereocenters. The molecule has 1 aromatic carbocycles. The van der Waals surface area contributed by atoms with E-state index in [1.807, 2.05) is 0 Å². The quantitative estimate of drug-likeness (QED) is 0.687. The van der Waals surface area contributed by atoms with Crippen molar-refractivity contribution in [1.29, 1.82) is 0 Å². The van der Waals surface area contributed by atoms with E-state index in [9.17, 15) is 0 Å². The Morgan fingerprint density at radius 1 is 1.40 bits per heavy atom. The second kappa shape index (κ2) is 9.37. The topological polar surface area (TPSA) is 24.5 Å². The van der Waals surface area contributed by atoms with E-state index in [4.69, 9.17) is 4.74 Å². The number of benzene rings is 1. The van der Waals surface area contributed by atoms with Crippen LogP contribution in [-0.2, 0) is 4.74 Å². The highest BCUT2D eigenvalue weighted by Crippen LogP contribution is 2.29. The third-order valence-electron chi connectivity index (χ3n) is 3.41. The molecule has 0 bridgehead atoms. The Labute approximate surface area is 131 Å². The van der Waals surface area contributed by atoms with E-state index in [1.165, 1.54) is 11.3 Å². The van der Waals surface area contributed by atoms with Crippen LogP contribution in [0.2, 0.25) is 0 Å². The van der Waals surface area contributed by atoms with Crippen LogP contribution < -0.4 is 10.2 Å². The first-order valence-corrected chi connectivity index (χ1v) is 8.12. The van der Waals surface area contributed by atoms with Gasteiger partial charge in [-0.2, -0.15) is 0 Å². The summed E-state index contributed by atoms with van der Waals surface area (Å²) in [5.74, 6) is 0. The smallest absolute Gasteiger partial charge is 0.0479 e. The van der Waals surface area contributed by atoms with Crippen LogP contribution in [0, 0.1) is 0 Å². The average molecular weight is 343 g/mol. The summed E-state index contributed by atoms with van der Waals surface area (Å²) in [6, 6.07) is 6.87. The van der Waals surface area contributed by atoms with E-state index in [2.05, 4.69) is 65.2 Å². The summed E-state index contributed by atoms with van der Waals surface area (Å²) in [4.78, 5) is 2.31. The summed E-state index contributed by atoms with van der Waals surface area (Å²) in [5, 5.41) is 3.57. The van der Waals surface area contributed by atoms with Crippen molar-refractivity contribution in [3.63, 3.8) is 0 Å². The minimum Gasteiger partial charge on any atom is -0.385 e. The Bertz CT molecular complexity index is 398. The van der Waals surface area contributed by atoms with Crippen LogP contribution in [-0.4, -0.2) is 33.9 Å². The zero-order chi connectivity index (χ0) is 15.0. The lowest BCUT2D eigenvalue weighted by Gasteiger charge is -2.26. The molecule has 0 heterocycles. The molecule has 0 spiro atoms. The highest BCUT2D eigenvalue weighted by atomic mass is 79.9. The Kier molecular flexibility index (Phi) is 8.19. The fraction of sp³-hybridized carbons (Fsp3) is 0.625. The van der Waals surface area contributed by atoms with Gasteiger partial charge >= 0.3 is 0 Å². The molecule has 0 aliphatic carbocycles. The van der Waals surface area contributed by atoms with E-state index < -0.39 is 0 Å². The number of rotatable bonds is 9. The molecule has 20 heavy (non-hydrogen) atoms. The van der Waals surface area contributed by atoms with Gasteiger partial charge in [0, 0.05) is 43.5 Å². The van der Waals surface area contributed by atoms with Gasteiger partial charge in [0.25, 0.3) is 0 Å². The number of methoxy groups -OCH3 is 1. The lowest BCUT2D eigenvalue weighted by atomic mass is 10.0. The minimum absolute atomic E-state index is 0.354. The van der Waals surface area contributed by atoms with Crippen molar-refractivity contribution in [1.82, 2.24) is 5.32 Å². The number of anilines is 1. The fourth-order valence-corrected chi connectivity index (χ4v) is 2.64. The van der Waals surface area contributed by atoms with Gasteiger partial charge in [-0.05, 0) is 50.1 Å². The molecule has 1 N–H and O–H groups in total. The molecule has 4 heteroatoms. The van der Waals surface area contributed by atoms with Crippen LogP contribution in [0.1, 0.15) is 38.3 Å². The van der Waals surface area contributed by atoms with E-state index in [0.29, 0.717) is 6.04 Å². The monoisotopic (exact) mass is 342 g/mol. The summed E-state index contributed by atoms with van der Waals surface area (Å²) in [5.41, 5.74) is 2.63. The van der Waals surface area contributed by atoms with Crippen LogP contribution in [0.4, 0.5) is 5.69 Å². The van der Waals surface area contributed by atoms with Gasteiger partial charge in [-0.1, -0.05) is 22.9 Å². The standard InChI is InChI=1S/C16H27BrN2O/c1-5-9-18-13(2)15-12-14(17)7-8-16(15)19(3)10-6-11-20-4/h7-8,12-13,18H,5-6,9-11H2,1-4H3. The molecule has 114 valence electrons. The number of ether oxygens (including phenoxy) is 1. The maximum atomic E-state index is 5.13. The zero-order valence-corrected chi connectivity index (χ0v) is 14.7. The van der Waals surface area contributed by atoms with Crippen molar-refractivity contribution in [2.45, 2.75) is 32.7 Å². The van der Waals surface area contributed by atoms with E-state index >= 15 is 0 Å². The molecule has 0 aromatic heterocycles. The Balaban J connectivity index is 2.83. The Morgan fingerprint density at radius 3 is 2.80 bits per heavy atom. The van der Waals surface area contributed by atoms with E-state index in [0.717, 1.165) is 37.0 Å². The number of nitrogens with zero attached hydrogens (tertiary/aromatic N) is 1. The van der Waals surface area contributed by atoms with Crippen molar-refractivity contribution in [3.8, 4) is 0 Å². The number of hydrogen-bond donors (Lipinski definition) is 1. The molecule has 0 aliphatic heterocycles. The molecule has 0 amide bonds. The Morgan fingerprint density at radius 2 is 2.15 bits per heavy atom. The maximum absolute atomic E-state index is 5.13. The van der Waals surface area contributed by atoms with Gasteiger partial charge in [0.05, 0.1) is 0 Å². The molecule has 0 radical (unpaired) electrons. The first kappa shape index (κ1) is 17.5. The molecule has 1 atom stereocenters. The second-order valence-corrected chi connectivity index (χ2v) is 6.06. The number of hydrogen-bond acceptors (Lipinski definition) is 3. The molecule has 0 saturated carbocycles. The third-order valence-corrected chi connectivity index (χ3v) is 3.90. The average Bonchev–Trinajstić information content (AvgIpc) is 2.44. The molecular weight excluding hydrogens is 316 g/mol. The van der Waals surface area contributed by atoms with Gasteiger partial charge in [0.2, 0.25) is 0 Å². The predicted octanol–water partition coefficient (Wildman–Crippen LogP) is 3.98. The fourth-order valence-electron chi connectivity index (χ4n) is 2.26. The third kappa shape index (κ3) is 5.43. The number of halogens is 1. The largest absolute Gasteiger partial charge is 0.385 e. The second-order valence-electron chi connectivity index (χ2n) is 5.15. The normalized spacial score (nSPS) is 12.4. The molecule has 1 aromatic rings. The van der Waals surface area contributed by atoms with Gasteiger partial charge < -0.3 is 15.0 Å². The van der Waals surface area contributed by atoms with E-state index in [-0.39, 0.29) is 0 Å². The molecule has 0 saturated heterocycles. The SMILES string of the molecule is CCCNC(C)c1cc(Br)ccc1N(C)CCCOC. The van der Waals surface area contributed by atoms with Crippen LogP contribution in [0.25, 0.3) is 0 Å². The summed E-state index contributed by atoms with van der Waals surface area (Å²) < 4.78 is 6.26. The van der Waals surface area contributed by atoms with E-state index in [1.54, 1.807) is 7.11 Å². The van der Waals surface area contributed by atoms with Gasteiger partial charge in [0.15, 0.2) is 0 Å². The lowest BCUT2D eigenvalue weighted by molar-refractivity contribution is 0.196. The molecular formula is C16H27BrN2O.